The predicted octanol–water partition coefficient (Wildman–Crippen LogP) is 0.797. The standard InChI is InChI=1S/C16H21N3O3/c1-22-16(21)11-6-7-12-13(10-11)17-14(15(20)18-12)19-8-4-2-3-5-9-19/h6-7,10,12-13H,2-5,8-9H2,1H3,(H,18,20). The van der Waals surface area contributed by atoms with Crippen molar-refractivity contribution in [2.24, 2.45) is 4.99 Å². The first-order valence-corrected chi connectivity index (χ1v) is 7.81. The molecule has 1 aliphatic carbocycles. The zero-order valence-corrected chi connectivity index (χ0v) is 12.7. The van der Waals surface area contributed by atoms with Gasteiger partial charge in [0.25, 0.3) is 5.91 Å². The Labute approximate surface area is 129 Å². The van der Waals surface area contributed by atoms with E-state index in [1.54, 1.807) is 18.2 Å². The Hall–Kier alpha value is -2.11. The molecule has 1 saturated heterocycles. The summed E-state index contributed by atoms with van der Waals surface area (Å²) in [6, 6.07) is -0.424. The number of carbonyl (C=O) groups excluding carboxylic acids is 2. The zero-order chi connectivity index (χ0) is 15.5. The van der Waals surface area contributed by atoms with E-state index in [1.165, 1.54) is 20.0 Å². The number of rotatable bonds is 1. The van der Waals surface area contributed by atoms with Crippen LogP contribution in [0.15, 0.2) is 28.8 Å². The molecule has 0 radical (unpaired) electrons. The van der Waals surface area contributed by atoms with E-state index >= 15 is 0 Å². The van der Waals surface area contributed by atoms with Crippen LogP contribution in [-0.4, -0.2) is 54.9 Å². The van der Waals surface area contributed by atoms with E-state index in [0.29, 0.717) is 11.4 Å². The molecule has 0 aromatic heterocycles. The number of amidine groups is 1. The molecule has 2 aliphatic heterocycles. The number of hydrogen-bond donors (Lipinski definition) is 1. The normalized spacial score (nSPS) is 28.0. The van der Waals surface area contributed by atoms with Crippen LogP contribution in [0.2, 0.25) is 0 Å². The molecule has 0 bridgehead atoms. The second-order valence-electron chi connectivity index (χ2n) is 5.82. The molecule has 2 unspecified atom stereocenters. The summed E-state index contributed by atoms with van der Waals surface area (Å²) in [5.41, 5.74) is 0.485. The zero-order valence-electron chi connectivity index (χ0n) is 12.7. The highest BCUT2D eigenvalue weighted by molar-refractivity contribution is 6.38. The number of hydrogen-bond acceptors (Lipinski definition) is 5. The van der Waals surface area contributed by atoms with Crippen molar-refractivity contribution in [3.63, 3.8) is 0 Å². The summed E-state index contributed by atoms with van der Waals surface area (Å²) in [5.74, 6) is -0.000226. The molecule has 22 heavy (non-hydrogen) atoms. The third kappa shape index (κ3) is 2.91. The molecule has 0 spiro atoms. The Bertz CT molecular complexity index is 557. The second-order valence-corrected chi connectivity index (χ2v) is 5.82. The Balaban J connectivity index is 1.84. The Morgan fingerprint density at radius 3 is 2.73 bits per heavy atom. The summed E-state index contributed by atoms with van der Waals surface area (Å²) in [6.45, 7) is 1.74. The average molecular weight is 303 g/mol. The smallest absolute Gasteiger partial charge is 0.337 e. The van der Waals surface area contributed by atoms with Gasteiger partial charge in [0.05, 0.1) is 24.8 Å². The van der Waals surface area contributed by atoms with Crippen LogP contribution in [0.1, 0.15) is 25.7 Å². The molecule has 0 saturated carbocycles. The number of aliphatic imine (C=N–C) groups is 1. The quantitative estimate of drug-likeness (QED) is 0.727. The van der Waals surface area contributed by atoms with Gasteiger partial charge in [0.1, 0.15) is 0 Å². The second kappa shape index (κ2) is 6.34. The largest absolute Gasteiger partial charge is 0.465 e. The van der Waals surface area contributed by atoms with Crippen molar-refractivity contribution in [3.8, 4) is 0 Å². The molecule has 6 heteroatoms. The number of ether oxygens (including phenoxy) is 1. The molecule has 1 fully saturated rings. The van der Waals surface area contributed by atoms with Gasteiger partial charge in [0, 0.05) is 13.1 Å². The van der Waals surface area contributed by atoms with Gasteiger partial charge in [0.2, 0.25) is 0 Å². The molecule has 3 rings (SSSR count). The SMILES string of the molecule is COC(=O)C1=CC2N=C(N3CCCCCC3)C(=O)NC2C=C1. The first-order valence-electron chi connectivity index (χ1n) is 7.81. The Morgan fingerprint density at radius 1 is 1.32 bits per heavy atom. The van der Waals surface area contributed by atoms with Gasteiger partial charge in [-0.25, -0.2) is 4.79 Å². The number of likely N-dealkylation sites (tertiary alicyclic amines) is 1. The van der Waals surface area contributed by atoms with E-state index in [9.17, 15) is 9.59 Å². The molecule has 0 aromatic rings. The highest BCUT2D eigenvalue weighted by atomic mass is 16.5. The van der Waals surface area contributed by atoms with Gasteiger partial charge in [-0.1, -0.05) is 18.9 Å². The summed E-state index contributed by atoms with van der Waals surface area (Å²) in [5, 5.41) is 2.97. The number of nitrogens with zero attached hydrogens (tertiary/aromatic N) is 2. The van der Waals surface area contributed by atoms with E-state index < -0.39 is 0 Å². The number of carbonyl (C=O) groups is 2. The molecular formula is C16H21N3O3. The fourth-order valence-electron chi connectivity index (χ4n) is 3.09. The number of esters is 1. The van der Waals surface area contributed by atoms with Crippen molar-refractivity contribution < 1.29 is 14.3 Å². The van der Waals surface area contributed by atoms with E-state index in [-0.39, 0.29) is 24.0 Å². The summed E-state index contributed by atoms with van der Waals surface area (Å²) < 4.78 is 4.75. The first-order chi connectivity index (χ1) is 10.7. The summed E-state index contributed by atoms with van der Waals surface area (Å²) >= 11 is 0. The van der Waals surface area contributed by atoms with Crippen molar-refractivity contribution >= 4 is 17.7 Å². The number of amides is 1. The number of nitrogens with one attached hydrogen (secondary N) is 1. The summed E-state index contributed by atoms with van der Waals surface area (Å²) in [4.78, 5) is 30.6. The third-order valence-electron chi connectivity index (χ3n) is 4.30. The highest BCUT2D eigenvalue weighted by Crippen LogP contribution is 2.20. The first kappa shape index (κ1) is 14.8. The monoisotopic (exact) mass is 303 g/mol. The maximum atomic E-state index is 12.3. The minimum Gasteiger partial charge on any atom is -0.465 e. The molecule has 2 atom stereocenters. The topological polar surface area (TPSA) is 71.0 Å². The average Bonchev–Trinajstić information content (AvgIpc) is 2.82. The van der Waals surface area contributed by atoms with E-state index in [1.807, 2.05) is 0 Å². The van der Waals surface area contributed by atoms with Crippen LogP contribution in [0.25, 0.3) is 0 Å². The maximum absolute atomic E-state index is 12.3. The lowest BCUT2D eigenvalue weighted by molar-refractivity contribution is -0.135. The molecule has 1 N–H and O–H groups in total. The number of fused-ring (bicyclic) bond motifs is 1. The van der Waals surface area contributed by atoms with Gasteiger partial charge >= 0.3 is 5.97 Å². The van der Waals surface area contributed by atoms with E-state index in [0.717, 1.165) is 25.9 Å². The summed E-state index contributed by atoms with van der Waals surface area (Å²) in [6.07, 6.45) is 9.83. The number of methoxy groups -OCH3 is 1. The van der Waals surface area contributed by atoms with Gasteiger partial charge in [-0.3, -0.25) is 9.79 Å². The van der Waals surface area contributed by atoms with Crippen molar-refractivity contribution in [3.05, 3.63) is 23.8 Å². The molecule has 3 aliphatic rings. The van der Waals surface area contributed by atoms with Crippen molar-refractivity contribution in [1.29, 1.82) is 0 Å². The van der Waals surface area contributed by atoms with Crippen molar-refractivity contribution in [2.75, 3.05) is 20.2 Å². The molecule has 2 heterocycles. The lowest BCUT2D eigenvalue weighted by Gasteiger charge is -2.33. The minimum atomic E-state index is -0.377. The van der Waals surface area contributed by atoms with E-state index in [4.69, 9.17) is 4.74 Å². The van der Waals surface area contributed by atoms with Gasteiger partial charge in [-0.2, -0.15) is 0 Å². The van der Waals surface area contributed by atoms with Gasteiger partial charge < -0.3 is 15.0 Å². The minimum absolute atomic E-state index is 0.122. The van der Waals surface area contributed by atoms with Gasteiger partial charge in [-0.05, 0) is 25.0 Å². The van der Waals surface area contributed by atoms with E-state index in [2.05, 4.69) is 15.2 Å². The van der Waals surface area contributed by atoms with Crippen LogP contribution in [0.5, 0.6) is 0 Å². The fraction of sp³-hybridized carbons (Fsp3) is 0.562. The van der Waals surface area contributed by atoms with Crippen LogP contribution in [0.4, 0.5) is 0 Å². The molecule has 0 aromatic carbocycles. The van der Waals surface area contributed by atoms with Crippen LogP contribution in [-0.2, 0) is 14.3 Å². The highest BCUT2D eigenvalue weighted by Gasteiger charge is 2.33. The fourth-order valence-corrected chi connectivity index (χ4v) is 3.09. The third-order valence-corrected chi connectivity index (χ3v) is 4.30. The molecule has 1 amide bonds. The lowest BCUT2D eigenvalue weighted by atomic mass is 9.96. The maximum Gasteiger partial charge on any atom is 0.337 e. The molecular weight excluding hydrogens is 282 g/mol. The van der Waals surface area contributed by atoms with Crippen molar-refractivity contribution in [2.45, 2.75) is 37.8 Å². The Kier molecular flexibility index (Phi) is 4.27. The van der Waals surface area contributed by atoms with Gasteiger partial charge in [0.15, 0.2) is 5.84 Å². The summed E-state index contributed by atoms with van der Waals surface area (Å²) in [7, 11) is 1.36. The van der Waals surface area contributed by atoms with Gasteiger partial charge in [-0.15, -0.1) is 0 Å². The van der Waals surface area contributed by atoms with Crippen LogP contribution in [0, 0.1) is 0 Å². The Morgan fingerprint density at radius 2 is 2.05 bits per heavy atom. The van der Waals surface area contributed by atoms with Crippen LogP contribution in [0.3, 0.4) is 0 Å². The molecule has 6 nitrogen and oxygen atoms in total. The molecule has 118 valence electrons. The lowest BCUT2D eigenvalue weighted by Crippen LogP contribution is -2.54. The van der Waals surface area contributed by atoms with Crippen molar-refractivity contribution in [1.82, 2.24) is 10.2 Å². The van der Waals surface area contributed by atoms with Crippen LogP contribution < -0.4 is 5.32 Å². The van der Waals surface area contributed by atoms with Crippen LogP contribution >= 0.6 is 0 Å². The predicted molar refractivity (Wildman–Crippen MR) is 82.4 cm³/mol.